The van der Waals surface area contributed by atoms with Crippen molar-refractivity contribution < 1.29 is 14.3 Å². The molecule has 4 rings (SSSR count). The maximum absolute atomic E-state index is 12.7. The number of benzene rings is 2. The van der Waals surface area contributed by atoms with Crippen LogP contribution in [0.3, 0.4) is 0 Å². The fourth-order valence-electron chi connectivity index (χ4n) is 4.15. The molecule has 5 heteroatoms. The highest BCUT2D eigenvalue weighted by Crippen LogP contribution is 2.49. The first-order valence-electron chi connectivity index (χ1n) is 8.40. The molecule has 2 aromatic carbocycles. The molecule has 2 unspecified atom stereocenters. The summed E-state index contributed by atoms with van der Waals surface area (Å²) in [5.74, 6) is 2.09. The fraction of sp³-hybridized carbons (Fsp3) is 0.350. The normalized spacial score (nSPS) is 21.2. The van der Waals surface area contributed by atoms with Gasteiger partial charge >= 0.3 is 0 Å². The molecule has 0 aromatic heterocycles. The number of ether oxygens (including phenoxy) is 2. The highest BCUT2D eigenvalue weighted by atomic mass is 79.9. The van der Waals surface area contributed by atoms with Gasteiger partial charge in [-0.3, -0.25) is 4.79 Å². The lowest BCUT2D eigenvalue weighted by molar-refractivity contribution is -0.129. The van der Waals surface area contributed by atoms with E-state index >= 15 is 0 Å². The average Bonchev–Trinajstić information content (AvgIpc) is 3.12. The van der Waals surface area contributed by atoms with Crippen molar-refractivity contribution in [2.24, 2.45) is 5.92 Å². The van der Waals surface area contributed by atoms with E-state index in [9.17, 15) is 4.79 Å². The zero-order valence-corrected chi connectivity index (χ0v) is 15.9. The van der Waals surface area contributed by atoms with E-state index < -0.39 is 0 Å². The molecule has 4 nitrogen and oxygen atoms in total. The van der Waals surface area contributed by atoms with Gasteiger partial charge in [0, 0.05) is 29.1 Å². The number of amides is 1. The molecule has 2 aliphatic rings. The van der Waals surface area contributed by atoms with E-state index in [2.05, 4.69) is 34.1 Å². The SMILES string of the molecule is COc1ccc(CN2C(=O)CC3Cc4c(Br)cccc4C32)c(OC)c1. The number of hydrogen-bond donors (Lipinski definition) is 0. The van der Waals surface area contributed by atoms with Gasteiger partial charge in [0.2, 0.25) is 5.91 Å². The summed E-state index contributed by atoms with van der Waals surface area (Å²) < 4.78 is 11.9. The first-order chi connectivity index (χ1) is 12.1. The van der Waals surface area contributed by atoms with Crippen molar-refractivity contribution in [1.82, 2.24) is 4.90 Å². The van der Waals surface area contributed by atoms with E-state index in [4.69, 9.17) is 9.47 Å². The molecule has 2 aromatic rings. The van der Waals surface area contributed by atoms with Crippen LogP contribution in [0.1, 0.15) is 29.2 Å². The summed E-state index contributed by atoms with van der Waals surface area (Å²) in [7, 11) is 3.28. The fourth-order valence-corrected chi connectivity index (χ4v) is 4.69. The van der Waals surface area contributed by atoms with Crippen LogP contribution in [0, 0.1) is 5.92 Å². The minimum absolute atomic E-state index is 0.159. The van der Waals surface area contributed by atoms with Crippen LogP contribution in [-0.4, -0.2) is 25.0 Å². The maximum atomic E-state index is 12.7. The van der Waals surface area contributed by atoms with Gasteiger partial charge in [-0.25, -0.2) is 0 Å². The predicted octanol–water partition coefficient (Wildman–Crippen LogP) is 4.11. The van der Waals surface area contributed by atoms with Crippen LogP contribution in [0.4, 0.5) is 0 Å². The van der Waals surface area contributed by atoms with Crippen molar-refractivity contribution >= 4 is 21.8 Å². The number of nitrogens with zero attached hydrogens (tertiary/aromatic N) is 1. The number of likely N-dealkylation sites (tertiary alicyclic amines) is 1. The first-order valence-corrected chi connectivity index (χ1v) is 9.19. The number of halogens is 1. The molecule has 1 saturated heterocycles. The van der Waals surface area contributed by atoms with Crippen molar-refractivity contribution in [3.05, 3.63) is 57.6 Å². The molecule has 1 aliphatic heterocycles. The monoisotopic (exact) mass is 401 g/mol. The van der Waals surface area contributed by atoms with Gasteiger partial charge in [-0.15, -0.1) is 0 Å². The number of carbonyl (C=O) groups excluding carboxylic acids is 1. The Morgan fingerprint density at radius 2 is 2.00 bits per heavy atom. The van der Waals surface area contributed by atoms with Crippen LogP contribution in [0.2, 0.25) is 0 Å². The standard InChI is InChI=1S/C20H20BrNO3/c1-24-14-7-6-12(18(10-14)25-2)11-22-19(23)9-13-8-16-15(20(13)22)4-3-5-17(16)21/h3-7,10,13,20H,8-9,11H2,1-2H3. The average molecular weight is 402 g/mol. The van der Waals surface area contributed by atoms with Crippen molar-refractivity contribution in [3.63, 3.8) is 0 Å². The lowest BCUT2D eigenvalue weighted by Crippen LogP contribution is -2.27. The van der Waals surface area contributed by atoms with Crippen LogP contribution < -0.4 is 9.47 Å². The second-order valence-corrected chi connectivity index (χ2v) is 7.47. The van der Waals surface area contributed by atoms with E-state index in [1.165, 1.54) is 11.1 Å². The molecular formula is C20H20BrNO3. The van der Waals surface area contributed by atoms with Gasteiger partial charge in [-0.2, -0.15) is 0 Å². The Bertz CT molecular complexity index is 836. The van der Waals surface area contributed by atoms with Crippen LogP contribution >= 0.6 is 15.9 Å². The third-order valence-corrected chi connectivity index (χ3v) is 6.06. The van der Waals surface area contributed by atoms with Crippen LogP contribution in [0.15, 0.2) is 40.9 Å². The van der Waals surface area contributed by atoms with Crippen molar-refractivity contribution in [3.8, 4) is 11.5 Å². The van der Waals surface area contributed by atoms with Gasteiger partial charge in [0.25, 0.3) is 0 Å². The first kappa shape index (κ1) is 16.5. The Balaban J connectivity index is 1.68. The molecule has 0 N–H and O–H groups in total. The van der Waals surface area contributed by atoms with Gasteiger partial charge in [-0.05, 0) is 41.7 Å². The molecule has 1 heterocycles. The Morgan fingerprint density at radius 1 is 1.16 bits per heavy atom. The van der Waals surface area contributed by atoms with Gasteiger partial charge < -0.3 is 14.4 Å². The number of rotatable bonds is 4. The largest absolute Gasteiger partial charge is 0.497 e. The maximum Gasteiger partial charge on any atom is 0.223 e. The summed E-state index contributed by atoms with van der Waals surface area (Å²) in [5.41, 5.74) is 3.62. The molecule has 25 heavy (non-hydrogen) atoms. The predicted molar refractivity (Wildman–Crippen MR) is 98.8 cm³/mol. The lowest BCUT2D eigenvalue weighted by atomic mass is 10.0. The van der Waals surface area contributed by atoms with E-state index in [1.54, 1.807) is 14.2 Å². The molecule has 0 bridgehead atoms. The number of hydrogen-bond acceptors (Lipinski definition) is 3. The molecule has 1 fully saturated rings. The Morgan fingerprint density at radius 3 is 2.76 bits per heavy atom. The van der Waals surface area contributed by atoms with Crippen LogP contribution in [0.25, 0.3) is 0 Å². The molecule has 0 radical (unpaired) electrons. The molecule has 0 saturated carbocycles. The zero-order valence-electron chi connectivity index (χ0n) is 14.3. The molecule has 0 spiro atoms. The molecule has 1 amide bonds. The minimum Gasteiger partial charge on any atom is -0.497 e. The number of methoxy groups -OCH3 is 2. The molecule has 2 atom stereocenters. The third-order valence-electron chi connectivity index (χ3n) is 5.31. The summed E-state index contributed by atoms with van der Waals surface area (Å²) in [5, 5.41) is 0. The molecule has 1 aliphatic carbocycles. The quantitative estimate of drug-likeness (QED) is 0.773. The van der Waals surface area contributed by atoms with E-state index in [0.29, 0.717) is 18.9 Å². The van der Waals surface area contributed by atoms with E-state index in [0.717, 1.165) is 28.0 Å². The summed E-state index contributed by atoms with van der Waals surface area (Å²) in [6.07, 6.45) is 1.58. The summed E-state index contributed by atoms with van der Waals surface area (Å²) in [4.78, 5) is 14.7. The summed E-state index contributed by atoms with van der Waals surface area (Å²) in [6, 6.07) is 12.2. The minimum atomic E-state index is 0.159. The third kappa shape index (κ3) is 2.71. The summed E-state index contributed by atoms with van der Waals surface area (Å²) in [6.45, 7) is 0.555. The van der Waals surface area contributed by atoms with Crippen LogP contribution in [0.5, 0.6) is 11.5 Å². The highest BCUT2D eigenvalue weighted by molar-refractivity contribution is 9.10. The highest BCUT2D eigenvalue weighted by Gasteiger charge is 2.46. The van der Waals surface area contributed by atoms with Crippen molar-refractivity contribution in [2.45, 2.75) is 25.4 Å². The summed E-state index contributed by atoms with van der Waals surface area (Å²) >= 11 is 3.66. The van der Waals surface area contributed by atoms with E-state index in [-0.39, 0.29) is 11.9 Å². The Labute approximate surface area is 155 Å². The Kier molecular flexibility index (Phi) is 4.20. The molecule has 130 valence electrons. The smallest absolute Gasteiger partial charge is 0.223 e. The number of carbonyl (C=O) groups is 1. The van der Waals surface area contributed by atoms with E-state index in [1.807, 2.05) is 23.1 Å². The van der Waals surface area contributed by atoms with Gasteiger partial charge in [0.1, 0.15) is 11.5 Å². The number of fused-ring (bicyclic) bond motifs is 3. The second kappa shape index (κ2) is 6.37. The lowest BCUT2D eigenvalue weighted by Gasteiger charge is -2.26. The van der Waals surface area contributed by atoms with Crippen LogP contribution in [-0.2, 0) is 17.8 Å². The van der Waals surface area contributed by atoms with Crippen molar-refractivity contribution in [1.29, 1.82) is 0 Å². The molecular weight excluding hydrogens is 382 g/mol. The van der Waals surface area contributed by atoms with Crippen molar-refractivity contribution in [2.75, 3.05) is 14.2 Å². The van der Waals surface area contributed by atoms with Gasteiger partial charge in [0.05, 0.1) is 20.3 Å². The zero-order chi connectivity index (χ0) is 17.6. The Hall–Kier alpha value is -2.01. The van der Waals surface area contributed by atoms with Gasteiger partial charge in [0.15, 0.2) is 0 Å². The topological polar surface area (TPSA) is 38.8 Å². The van der Waals surface area contributed by atoms with Gasteiger partial charge in [-0.1, -0.05) is 28.1 Å². The second-order valence-electron chi connectivity index (χ2n) is 6.62.